The zero-order valence-electron chi connectivity index (χ0n) is 17.8. The molecule has 0 aliphatic carbocycles. The number of nitrogens with zero attached hydrogens (tertiary/aromatic N) is 2. The minimum Gasteiger partial charge on any atom is -0.497 e. The maximum Gasteiger partial charge on any atom is 0.348 e. The summed E-state index contributed by atoms with van der Waals surface area (Å²) in [5.74, 6) is -2.26. The minimum atomic E-state index is -1.07. The van der Waals surface area contributed by atoms with Crippen LogP contribution in [0.25, 0.3) is 22.2 Å². The highest BCUT2D eigenvalue weighted by Gasteiger charge is 2.18. The lowest BCUT2D eigenvalue weighted by Gasteiger charge is -2.15. The number of ether oxygens (including phenoxy) is 1. The van der Waals surface area contributed by atoms with Crippen molar-refractivity contribution in [2.24, 2.45) is 0 Å². The number of aromatic nitrogens is 2. The fourth-order valence-electron chi connectivity index (χ4n) is 3.67. The van der Waals surface area contributed by atoms with Gasteiger partial charge in [-0.1, -0.05) is 38.1 Å². The van der Waals surface area contributed by atoms with Gasteiger partial charge in [-0.2, -0.15) is 4.98 Å². The molecule has 0 unspecified atom stereocenters. The lowest BCUT2D eigenvalue weighted by molar-refractivity contribution is 0.415. The Labute approximate surface area is 182 Å². The number of hydrogen-bond acceptors (Lipinski definition) is 3. The van der Waals surface area contributed by atoms with E-state index < -0.39 is 35.2 Å². The Balaban J connectivity index is 1.93. The monoisotopic (exact) mass is 438 g/mol. The van der Waals surface area contributed by atoms with Crippen molar-refractivity contribution in [1.82, 2.24) is 9.55 Å². The third-order valence-corrected chi connectivity index (χ3v) is 5.46. The molecule has 0 saturated carbocycles. The fraction of sp³-hybridized carbons (Fsp3) is 0.200. The molecule has 0 bridgehead atoms. The Kier molecular flexibility index (Phi) is 5.74. The second-order valence-corrected chi connectivity index (χ2v) is 7.84. The third kappa shape index (κ3) is 3.98. The van der Waals surface area contributed by atoms with E-state index in [1.54, 1.807) is 18.2 Å². The van der Waals surface area contributed by atoms with E-state index >= 15 is 0 Å². The molecule has 4 nitrogen and oxygen atoms in total. The summed E-state index contributed by atoms with van der Waals surface area (Å²) in [6.07, 6.45) is 0. The van der Waals surface area contributed by atoms with Gasteiger partial charge in [0.05, 0.1) is 24.9 Å². The van der Waals surface area contributed by atoms with E-state index in [0.29, 0.717) is 40.4 Å². The zero-order chi connectivity index (χ0) is 23.0. The van der Waals surface area contributed by atoms with Gasteiger partial charge in [-0.25, -0.2) is 18.0 Å². The number of fused-ring (bicyclic) bond motifs is 1. The molecule has 0 atom stereocenters. The average molecular weight is 438 g/mol. The lowest BCUT2D eigenvalue weighted by Crippen LogP contribution is -2.25. The van der Waals surface area contributed by atoms with Gasteiger partial charge in [0.2, 0.25) is 0 Å². The molecule has 0 fully saturated rings. The van der Waals surface area contributed by atoms with Crippen LogP contribution in [0.15, 0.2) is 59.4 Å². The first-order valence-corrected chi connectivity index (χ1v) is 10.1. The van der Waals surface area contributed by atoms with Gasteiger partial charge < -0.3 is 4.74 Å². The number of methoxy groups -OCH3 is 1. The van der Waals surface area contributed by atoms with Crippen molar-refractivity contribution in [3.63, 3.8) is 0 Å². The van der Waals surface area contributed by atoms with E-state index in [9.17, 15) is 18.0 Å². The zero-order valence-corrected chi connectivity index (χ0v) is 17.8. The van der Waals surface area contributed by atoms with Crippen molar-refractivity contribution in [3.8, 4) is 17.0 Å². The molecule has 3 aromatic carbocycles. The Morgan fingerprint density at radius 1 is 0.969 bits per heavy atom. The van der Waals surface area contributed by atoms with Gasteiger partial charge >= 0.3 is 5.69 Å². The maximum absolute atomic E-state index is 14.3. The smallest absolute Gasteiger partial charge is 0.348 e. The number of hydrogen-bond donors (Lipinski definition) is 0. The summed E-state index contributed by atoms with van der Waals surface area (Å²) in [7, 11) is 1.52. The first-order chi connectivity index (χ1) is 15.3. The largest absolute Gasteiger partial charge is 0.497 e. The molecule has 0 aliphatic rings. The van der Waals surface area contributed by atoms with Crippen molar-refractivity contribution < 1.29 is 17.9 Å². The molecule has 0 N–H and O–H groups in total. The number of benzene rings is 3. The van der Waals surface area contributed by atoms with Gasteiger partial charge in [0.15, 0.2) is 0 Å². The molecule has 32 heavy (non-hydrogen) atoms. The normalized spacial score (nSPS) is 11.3. The van der Waals surface area contributed by atoms with Crippen LogP contribution in [-0.2, 0) is 6.54 Å². The summed E-state index contributed by atoms with van der Waals surface area (Å²) < 4.78 is 48.3. The van der Waals surface area contributed by atoms with Gasteiger partial charge in [-0.05, 0) is 29.7 Å². The highest BCUT2D eigenvalue weighted by atomic mass is 19.1. The molecule has 4 aromatic rings. The second kappa shape index (κ2) is 8.49. The van der Waals surface area contributed by atoms with Crippen LogP contribution in [0, 0.1) is 17.5 Å². The van der Waals surface area contributed by atoms with E-state index in [1.165, 1.54) is 11.7 Å². The van der Waals surface area contributed by atoms with Gasteiger partial charge in [0.1, 0.15) is 23.2 Å². The van der Waals surface area contributed by atoms with Crippen LogP contribution < -0.4 is 10.4 Å². The van der Waals surface area contributed by atoms with Crippen LogP contribution in [-0.4, -0.2) is 16.7 Å². The Morgan fingerprint density at radius 2 is 1.62 bits per heavy atom. The van der Waals surface area contributed by atoms with Crippen molar-refractivity contribution in [3.05, 3.63) is 93.7 Å². The quantitative estimate of drug-likeness (QED) is 0.404. The summed E-state index contributed by atoms with van der Waals surface area (Å²) in [6.45, 7) is 3.74. The molecule has 164 valence electrons. The molecule has 0 saturated heterocycles. The molecule has 0 amide bonds. The van der Waals surface area contributed by atoms with Crippen LogP contribution in [0.1, 0.15) is 30.9 Å². The standard InChI is InChI=1S/C25H21F3N2O2/c1-14(2)15-4-6-16(7-5-15)24-19-12-18(32-3)8-9-23(19)30(25(31)29-24)13-20-21(27)10-17(26)11-22(20)28/h4-12,14H,13H2,1-3H3. The highest BCUT2D eigenvalue weighted by molar-refractivity contribution is 5.93. The Bertz CT molecular complexity index is 1340. The van der Waals surface area contributed by atoms with Crippen LogP contribution in [0.5, 0.6) is 5.75 Å². The molecule has 7 heteroatoms. The van der Waals surface area contributed by atoms with Crippen molar-refractivity contribution in [1.29, 1.82) is 0 Å². The van der Waals surface area contributed by atoms with Gasteiger partial charge in [0, 0.05) is 28.6 Å². The highest BCUT2D eigenvalue weighted by Crippen LogP contribution is 2.30. The summed E-state index contributed by atoms with van der Waals surface area (Å²) in [4.78, 5) is 17.2. The van der Waals surface area contributed by atoms with Gasteiger partial charge in [0.25, 0.3) is 0 Å². The first-order valence-electron chi connectivity index (χ1n) is 10.1. The van der Waals surface area contributed by atoms with Crippen molar-refractivity contribution in [2.45, 2.75) is 26.3 Å². The summed E-state index contributed by atoms with van der Waals surface area (Å²) in [6, 6.07) is 13.9. The van der Waals surface area contributed by atoms with Crippen molar-refractivity contribution >= 4 is 10.9 Å². The lowest BCUT2D eigenvalue weighted by atomic mass is 9.99. The van der Waals surface area contributed by atoms with Crippen LogP contribution in [0.3, 0.4) is 0 Å². The summed E-state index contributed by atoms with van der Waals surface area (Å²) in [5, 5.41) is 0.587. The average Bonchev–Trinajstić information content (AvgIpc) is 2.76. The SMILES string of the molecule is COc1ccc2c(c1)c(-c1ccc(C(C)C)cc1)nc(=O)n2Cc1c(F)cc(F)cc1F. The van der Waals surface area contributed by atoms with E-state index in [2.05, 4.69) is 18.8 Å². The molecule has 0 radical (unpaired) electrons. The fourth-order valence-corrected chi connectivity index (χ4v) is 3.67. The minimum absolute atomic E-state index is 0.349. The van der Waals surface area contributed by atoms with E-state index in [0.717, 1.165) is 11.1 Å². The van der Waals surface area contributed by atoms with E-state index in [4.69, 9.17) is 4.74 Å². The molecule has 1 heterocycles. The second-order valence-electron chi connectivity index (χ2n) is 7.84. The van der Waals surface area contributed by atoms with Crippen LogP contribution in [0.2, 0.25) is 0 Å². The third-order valence-electron chi connectivity index (χ3n) is 5.46. The molecule has 0 aliphatic heterocycles. The Morgan fingerprint density at radius 3 is 2.22 bits per heavy atom. The topological polar surface area (TPSA) is 44.1 Å². The summed E-state index contributed by atoms with van der Waals surface area (Å²) >= 11 is 0. The van der Waals surface area contributed by atoms with Crippen LogP contribution in [0.4, 0.5) is 13.2 Å². The molecule has 1 aromatic heterocycles. The number of rotatable bonds is 5. The molecule has 0 spiro atoms. The van der Waals surface area contributed by atoms with Crippen LogP contribution >= 0.6 is 0 Å². The van der Waals surface area contributed by atoms with Crippen molar-refractivity contribution in [2.75, 3.05) is 7.11 Å². The van der Waals surface area contributed by atoms with E-state index in [1.807, 2.05) is 24.3 Å². The number of halogens is 3. The molecular formula is C25H21F3N2O2. The predicted molar refractivity (Wildman–Crippen MR) is 117 cm³/mol. The molecular weight excluding hydrogens is 417 g/mol. The first kappa shape index (κ1) is 21.6. The summed E-state index contributed by atoms with van der Waals surface area (Å²) in [5.41, 5.74) is 1.66. The van der Waals surface area contributed by atoms with E-state index in [-0.39, 0.29) is 0 Å². The maximum atomic E-state index is 14.3. The molecule has 4 rings (SSSR count). The van der Waals surface area contributed by atoms with Gasteiger partial charge in [-0.3, -0.25) is 4.57 Å². The Hall–Kier alpha value is -3.61. The van der Waals surface area contributed by atoms with Gasteiger partial charge in [-0.15, -0.1) is 0 Å². The predicted octanol–water partition coefficient (Wildman–Crippen LogP) is 5.66.